The Balaban J connectivity index is 0.00000312. The summed E-state index contributed by atoms with van der Waals surface area (Å²) in [5.41, 5.74) is 0.782. The number of aryl methyl sites for hydroxylation is 1. The second-order valence-corrected chi connectivity index (χ2v) is 6.87. The van der Waals surface area contributed by atoms with Gasteiger partial charge in [-0.3, -0.25) is 4.79 Å². The van der Waals surface area contributed by atoms with Crippen LogP contribution in [0.1, 0.15) is 41.9 Å². The van der Waals surface area contributed by atoms with Gasteiger partial charge in [0, 0.05) is 13.0 Å². The van der Waals surface area contributed by atoms with Gasteiger partial charge < -0.3 is 15.2 Å². The smallest absolute Gasteiger partial charge is 0.348 e. The number of hydrogen-bond donors (Lipinski definition) is 2. The van der Waals surface area contributed by atoms with E-state index in [-0.39, 0.29) is 30.7 Å². The first-order chi connectivity index (χ1) is 11.4. The fourth-order valence-corrected chi connectivity index (χ4v) is 3.20. The summed E-state index contributed by atoms with van der Waals surface area (Å²) in [4.78, 5) is 32.5. The molecule has 9 heteroatoms. The summed E-state index contributed by atoms with van der Waals surface area (Å²) < 4.78 is 5.30. The molecule has 0 fully saturated rings. The Morgan fingerprint density at radius 1 is 1.36 bits per heavy atom. The average molecular weight is 388 g/mol. The molecule has 2 aromatic heterocycles. The highest BCUT2D eigenvalue weighted by Gasteiger charge is 2.20. The number of ether oxygens (including phenoxy) is 1. The van der Waals surface area contributed by atoms with E-state index in [2.05, 4.69) is 15.3 Å². The minimum atomic E-state index is -0.827. The zero-order valence-electron chi connectivity index (χ0n) is 14.4. The SMILES string of the molecule is Cc1c(C(=O)OCC(C)C)sc2ncnc(NCCCC(=O)O)c12.Cl. The number of halogens is 1. The molecule has 25 heavy (non-hydrogen) atoms. The van der Waals surface area contributed by atoms with Crippen molar-refractivity contribution in [1.29, 1.82) is 0 Å². The molecule has 0 spiro atoms. The standard InChI is InChI=1S/C16H21N3O4S.ClH/c1-9(2)7-23-16(22)13-10(3)12-14(17-6-4-5-11(20)21)18-8-19-15(12)24-13;/h8-9H,4-7H2,1-3H3,(H,20,21)(H,17,18,19);1H. The number of hydrogen-bond acceptors (Lipinski definition) is 7. The van der Waals surface area contributed by atoms with Crippen molar-refractivity contribution in [2.75, 3.05) is 18.5 Å². The van der Waals surface area contributed by atoms with Crippen molar-refractivity contribution in [3.05, 3.63) is 16.8 Å². The van der Waals surface area contributed by atoms with Gasteiger partial charge in [0.2, 0.25) is 0 Å². The van der Waals surface area contributed by atoms with Crippen LogP contribution in [0.4, 0.5) is 5.82 Å². The molecule has 138 valence electrons. The number of carboxylic acid groups (broad SMARTS) is 1. The number of carboxylic acids is 1. The van der Waals surface area contributed by atoms with Crippen LogP contribution in [0.3, 0.4) is 0 Å². The van der Waals surface area contributed by atoms with Crippen molar-refractivity contribution >= 4 is 51.7 Å². The van der Waals surface area contributed by atoms with Gasteiger partial charge in [0.15, 0.2) is 0 Å². The van der Waals surface area contributed by atoms with Gasteiger partial charge in [-0.1, -0.05) is 13.8 Å². The Morgan fingerprint density at radius 3 is 2.72 bits per heavy atom. The summed E-state index contributed by atoms with van der Waals surface area (Å²) in [6, 6.07) is 0. The van der Waals surface area contributed by atoms with Gasteiger partial charge in [0.1, 0.15) is 21.9 Å². The van der Waals surface area contributed by atoms with E-state index in [0.29, 0.717) is 35.1 Å². The molecule has 0 saturated heterocycles. The van der Waals surface area contributed by atoms with Crippen LogP contribution in [0.2, 0.25) is 0 Å². The highest BCUT2D eigenvalue weighted by Crippen LogP contribution is 2.33. The molecular weight excluding hydrogens is 366 g/mol. The summed E-state index contributed by atoms with van der Waals surface area (Å²) in [7, 11) is 0. The summed E-state index contributed by atoms with van der Waals surface area (Å²) in [5, 5.41) is 12.6. The number of nitrogens with zero attached hydrogens (tertiary/aromatic N) is 2. The maximum absolute atomic E-state index is 12.2. The van der Waals surface area contributed by atoms with E-state index in [0.717, 1.165) is 10.9 Å². The molecule has 0 unspecified atom stereocenters. The molecule has 0 atom stereocenters. The topological polar surface area (TPSA) is 101 Å². The van der Waals surface area contributed by atoms with Crippen LogP contribution in [0.25, 0.3) is 10.2 Å². The fourth-order valence-electron chi connectivity index (χ4n) is 2.15. The van der Waals surface area contributed by atoms with Gasteiger partial charge in [0.25, 0.3) is 0 Å². The number of rotatable bonds is 8. The van der Waals surface area contributed by atoms with Crippen LogP contribution in [-0.4, -0.2) is 40.2 Å². The highest BCUT2D eigenvalue weighted by atomic mass is 35.5. The van der Waals surface area contributed by atoms with Gasteiger partial charge >= 0.3 is 11.9 Å². The van der Waals surface area contributed by atoms with Gasteiger partial charge in [-0.2, -0.15) is 0 Å². The minimum Gasteiger partial charge on any atom is -0.481 e. The van der Waals surface area contributed by atoms with Gasteiger partial charge in [-0.05, 0) is 24.8 Å². The minimum absolute atomic E-state index is 0. The van der Waals surface area contributed by atoms with Crippen LogP contribution in [-0.2, 0) is 9.53 Å². The third-order valence-corrected chi connectivity index (χ3v) is 4.50. The van der Waals surface area contributed by atoms with Gasteiger partial charge in [-0.25, -0.2) is 14.8 Å². The molecule has 0 aliphatic carbocycles. The number of aromatic nitrogens is 2. The molecule has 0 amide bonds. The van der Waals surface area contributed by atoms with Crippen LogP contribution < -0.4 is 5.32 Å². The van der Waals surface area contributed by atoms with Crippen LogP contribution >= 0.6 is 23.7 Å². The van der Waals surface area contributed by atoms with Crippen molar-refractivity contribution in [3.8, 4) is 0 Å². The number of esters is 1. The summed E-state index contributed by atoms with van der Waals surface area (Å²) in [6.07, 6.45) is 2.02. The molecule has 0 aliphatic rings. The van der Waals surface area contributed by atoms with Crippen molar-refractivity contribution < 1.29 is 19.4 Å². The fraction of sp³-hybridized carbons (Fsp3) is 0.500. The van der Waals surface area contributed by atoms with Crippen LogP contribution in [0, 0.1) is 12.8 Å². The lowest BCUT2D eigenvalue weighted by molar-refractivity contribution is -0.137. The molecule has 0 radical (unpaired) electrons. The molecule has 2 aromatic rings. The third-order valence-electron chi connectivity index (χ3n) is 3.32. The van der Waals surface area contributed by atoms with Crippen molar-refractivity contribution in [2.45, 2.75) is 33.6 Å². The predicted molar refractivity (Wildman–Crippen MR) is 99.9 cm³/mol. The van der Waals surface area contributed by atoms with Crippen LogP contribution in [0.5, 0.6) is 0 Å². The lowest BCUT2D eigenvalue weighted by Gasteiger charge is -2.07. The van der Waals surface area contributed by atoms with Crippen LogP contribution in [0.15, 0.2) is 6.33 Å². The maximum Gasteiger partial charge on any atom is 0.348 e. The highest BCUT2D eigenvalue weighted by molar-refractivity contribution is 7.20. The Bertz CT molecular complexity index is 748. The zero-order valence-corrected chi connectivity index (χ0v) is 16.0. The maximum atomic E-state index is 12.2. The number of carbonyl (C=O) groups is 2. The van der Waals surface area contributed by atoms with Crippen molar-refractivity contribution in [3.63, 3.8) is 0 Å². The molecule has 2 rings (SSSR count). The number of thiophene rings is 1. The molecular formula is C16H22ClN3O4S. The van der Waals surface area contributed by atoms with Gasteiger partial charge in [-0.15, -0.1) is 23.7 Å². The Kier molecular flexibility index (Phi) is 8.05. The molecule has 0 bridgehead atoms. The Morgan fingerprint density at radius 2 is 2.08 bits per heavy atom. The van der Waals surface area contributed by atoms with E-state index in [1.807, 2.05) is 20.8 Å². The number of fused-ring (bicyclic) bond motifs is 1. The Hall–Kier alpha value is -1.93. The first-order valence-electron chi connectivity index (χ1n) is 7.77. The van der Waals surface area contributed by atoms with Crippen molar-refractivity contribution in [1.82, 2.24) is 9.97 Å². The number of aliphatic carboxylic acids is 1. The molecule has 2 heterocycles. The van der Waals surface area contributed by atoms with E-state index in [9.17, 15) is 9.59 Å². The second-order valence-electron chi connectivity index (χ2n) is 5.87. The largest absolute Gasteiger partial charge is 0.481 e. The molecule has 0 aliphatic heterocycles. The lowest BCUT2D eigenvalue weighted by Crippen LogP contribution is -2.10. The quantitative estimate of drug-likeness (QED) is 0.527. The van der Waals surface area contributed by atoms with Gasteiger partial charge in [0.05, 0.1) is 12.0 Å². The second kappa shape index (κ2) is 9.53. The number of carbonyl (C=O) groups excluding carboxylic acids is 1. The molecule has 0 aromatic carbocycles. The monoisotopic (exact) mass is 387 g/mol. The van der Waals surface area contributed by atoms with E-state index in [4.69, 9.17) is 9.84 Å². The lowest BCUT2D eigenvalue weighted by atomic mass is 10.2. The first-order valence-corrected chi connectivity index (χ1v) is 8.58. The molecule has 0 saturated carbocycles. The number of anilines is 1. The predicted octanol–water partition coefficient (Wildman–Crippen LogP) is 3.51. The van der Waals surface area contributed by atoms with E-state index in [1.54, 1.807) is 0 Å². The zero-order chi connectivity index (χ0) is 17.7. The summed E-state index contributed by atoms with van der Waals surface area (Å²) in [5.74, 6) is -0.288. The summed E-state index contributed by atoms with van der Waals surface area (Å²) in [6.45, 7) is 6.67. The molecule has 7 nitrogen and oxygen atoms in total. The van der Waals surface area contributed by atoms with Crippen molar-refractivity contribution in [2.24, 2.45) is 5.92 Å². The third kappa shape index (κ3) is 5.54. The van der Waals surface area contributed by atoms with E-state index < -0.39 is 5.97 Å². The summed E-state index contributed by atoms with van der Waals surface area (Å²) >= 11 is 1.28. The number of nitrogens with one attached hydrogen (secondary N) is 1. The molecule has 2 N–H and O–H groups in total. The average Bonchev–Trinajstić information content (AvgIpc) is 2.87. The normalized spacial score (nSPS) is 10.6. The van der Waals surface area contributed by atoms with E-state index in [1.165, 1.54) is 17.7 Å². The van der Waals surface area contributed by atoms with E-state index >= 15 is 0 Å². The Labute approximate surface area is 156 Å². The first kappa shape index (κ1) is 21.1.